The van der Waals surface area contributed by atoms with Gasteiger partial charge in [0.15, 0.2) is 18.0 Å². The molecule has 3 rings (SSSR count). The average molecular weight is 404 g/mol. The second-order valence-corrected chi connectivity index (χ2v) is 8.07. The second-order valence-electron chi connectivity index (χ2n) is 7.63. The van der Waals surface area contributed by atoms with Gasteiger partial charge in [0, 0.05) is 10.6 Å². The molecule has 1 amide bonds. The van der Waals surface area contributed by atoms with Crippen molar-refractivity contribution in [1.82, 2.24) is 5.32 Å². The van der Waals surface area contributed by atoms with Crippen molar-refractivity contribution in [2.24, 2.45) is 5.92 Å². The highest BCUT2D eigenvalue weighted by molar-refractivity contribution is 6.30. The Labute approximate surface area is 171 Å². The van der Waals surface area contributed by atoms with Crippen molar-refractivity contribution >= 4 is 17.5 Å². The van der Waals surface area contributed by atoms with Crippen LogP contribution in [0.2, 0.25) is 5.02 Å². The standard InChI is InChI=1S/C22H27ClN2O3/c1-15(2)22(17-6-9-19-20(12-17)28-11-10-27-19)24-21(26)14-25(3)13-16-4-7-18(23)8-5-16/h4-9,12,15,22H,10-11,13-14H2,1-3H3,(H,24,26)/p+1/t22-/m1/s1. The molecule has 1 aliphatic heterocycles. The molecule has 0 fully saturated rings. The molecule has 0 aliphatic carbocycles. The molecule has 1 unspecified atom stereocenters. The van der Waals surface area contributed by atoms with Crippen LogP contribution in [0.4, 0.5) is 0 Å². The molecule has 1 aliphatic rings. The Balaban J connectivity index is 1.62. The van der Waals surface area contributed by atoms with Gasteiger partial charge >= 0.3 is 0 Å². The van der Waals surface area contributed by atoms with Gasteiger partial charge in [-0.1, -0.05) is 43.6 Å². The fraction of sp³-hybridized carbons (Fsp3) is 0.409. The molecule has 2 aromatic carbocycles. The van der Waals surface area contributed by atoms with E-state index in [0.717, 1.165) is 39.1 Å². The van der Waals surface area contributed by atoms with E-state index in [-0.39, 0.29) is 17.9 Å². The Morgan fingerprint density at radius 1 is 1.11 bits per heavy atom. The lowest BCUT2D eigenvalue weighted by Crippen LogP contribution is -3.08. The van der Waals surface area contributed by atoms with Gasteiger partial charge in [0.25, 0.3) is 5.91 Å². The van der Waals surface area contributed by atoms with Crippen LogP contribution in [0.3, 0.4) is 0 Å². The predicted molar refractivity (Wildman–Crippen MR) is 110 cm³/mol. The minimum Gasteiger partial charge on any atom is -0.486 e. The number of rotatable bonds is 7. The molecule has 150 valence electrons. The number of nitrogens with one attached hydrogen (secondary N) is 2. The number of ether oxygens (including phenoxy) is 2. The zero-order valence-electron chi connectivity index (χ0n) is 16.6. The maximum atomic E-state index is 12.7. The Morgan fingerprint density at radius 3 is 2.46 bits per heavy atom. The third-order valence-electron chi connectivity index (χ3n) is 4.79. The molecule has 0 radical (unpaired) electrons. The SMILES string of the molecule is CC(C)[C@@H](NC(=O)C[NH+](C)Cc1ccc(Cl)cc1)c1ccc2c(c1)OCCO2. The molecule has 5 nitrogen and oxygen atoms in total. The highest BCUT2D eigenvalue weighted by atomic mass is 35.5. The number of amides is 1. The second kappa shape index (κ2) is 9.30. The van der Waals surface area contributed by atoms with E-state index in [1.807, 2.05) is 49.5 Å². The van der Waals surface area contributed by atoms with Crippen molar-refractivity contribution < 1.29 is 19.2 Å². The van der Waals surface area contributed by atoms with Gasteiger partial charge in [0.2, 0.25) is 0 Å². The Kier molecular flexibility index (Phi) is 6.81. The molecule has 0 saturated carbocycles. The zero-order valence-corrected chi connectivity index (χ0v) is 17.4. The number of carbonyl (C=O) groups is 1. The van der Waals surface area contributed by atoms with Crippen molar-refractivity contribution in [3.8, 4) is 11.5 Å². The van der Waals surface area contributed by atoms with Crippen LogP contribution in [0.1, 0.15) is 31.0 Å². The number of fused-ring (bicyclic) bond motifs is 1. The Bertz CT molecular complexity index is 808. The van der Waals surface area contributed by atoms with Crippen molar-refractivity contribution in [3.05, 3.63) is 58.6 Å². The fourth-order valence-electron chi connectivity index (χ4n) is 3.40. The molecule has 2 atom stereocenters. The highest BCUT2D eigenvalue weighted by Crippen LogP contribution is 2.34. The van der Waals surface area contributed by atoms with Gasteiger partial charge in [-0.05, 0) is 35.7 Å². The molecule has 0 saturated heterocycles. The molecule has 6 heteroatoms. The normalized spacial score (nSPS) is 15.2. The van der Waals surface area contributed by atoms with Gasteiger partial charge in [-0.25, -0.2) is 0 Å². The Hall–Kier alpha value is -2.24. The number of quaternary nitrogens is 1. The van der Waals surface area contributed by atoms with Crippen molar-refractivity contribution in [3.63, 3.8) is 0 Å². The maximum absolute atomic E-state index is 12.7. The van der Waals surface area contributed by atoms with Gasteiger partial charge in [-0.3, -0.25) is 4.79 Å². The van der Waals surface area contributed by atoms with Crippen LogP contribution in [0.5, 0.6) is 11.5 Å². The summed E-state index contributed by atoms with van der Waals surface area (Å²) in [6.45, 7) is 6.49. The van der Waals surface area contributed by atoms with Crippen molar-refractivity contribution in [2.75, 3.05) is 26.8 Å². The minimum absolute atomic E-state index is 0.0278. The molecular weight excluding hydrogens is 376 g/mol. The third-order valence-corrected chi connectivity index (χ3v) is 5.04. The van der Waals surface area contributed by atoms with Crippen LogP contribution in [-0.4, -0.2) is 32.7 Å². The molecule has 0 bridgehead atoms. The summed E-state index contributed by atoms with van der Waals surface area (Å²) < 4.78 is 11.3. The van der Waals surface area contributed by atoms with E-state index in [0.29, 0.717) is 19.8 Å². The number of halogens is 1. The molecule has 1 heterocycles. The average Bonchev–Trinajstić information content (AvgIpc) is 2.67. The van der Waals surface area contributed by atoms with Crippen molar-refractivity contribution in [2.45, 2.75) is 26.4 Å². The molecule has 2 N–H and O–H groups in total. The molecule has 0 spiro atoms. The summed E-state index contributed by atoms with van der Waals surface area (Å²) in [6.07, 6.45) is 0. The monoisotopic (exact) mass is 403 g/mol. The number of hydrogen-bond donors (Lipinski definition) is 2. The first kappa shape index (κ1) is 20.5. The van der Waals surface area contributed by atoms with Crippen LogP contribution in [-0.2, 0) is 11.3 Å². The first-order chi connectivity index (χ1) is 13.4. The number of benzene rings is 2. The minimum atomic E-state index is -0.0772. The summed E-state index contributed by atoms with van der Waals surface area (Å²) in [5.74, 6) is 1.79. The van der Waals surface area contributed by atoms with E-state index in [4.69, 9.17) is 21.1 Å². The van der Waals surface area contributed by atoms with Crippen LogP contribution in [0.15, 0.2) is 42.5 Å². The largest absolute Gasteiger partial charge is 0.486 e. The molecule has 2 aromatic rings. The van der Waals surface area contributed by atoms with Crippen LogP contribution >= 0.6 is 11.6 Å². The van der Waals surface area contributed by atoms with Gasteiger partial charge in [0.05, 0.1) is 13.1 Å². The van der Waals surface area contributed by atoms with Gasteiger partial charge in [-0.2, -0.15) is 0 Å². The van der Waals surface area contributed by atoms with Crippen LogP contribution < -0.4 is 19.7 Å². The topological polar surface area (TPSA) is 52.0 Å². The van der Waals surface area contributed by atoms with Crippen LogP contribution in [0.25, 0.3) is 0 Å². The zero-order chi connectivity index (χ0) is 20.1. The smallest absolute Gasteiger partial charge is 0.275 e. The highest BCUT2D eigenvalue weighted by Gasteiger charge is 2.22. The van der Waals surface area contributed by atoms with Crippen LogP contribution in [0, 0.1) is 5.92 Å². The Morgan fingerprint density at radius 2 is 1.79 bits per heavy atom. The first-order valence-corrected chi connectivity index (χ1v) is 10.0. The van der Waals surface area contributed by atoms with Gasteiger partial charge in [-0.15, -0.1) is 0 Å². The molecule has 0 aromatic heterocycles. The molecule has 28 heavy (non-hydrogen) atoms. The summed E-state index contributed by atoms with van der Waals surface area (Å²) in [5, 5.41) is 3.91. The van der Waals surface area contributed by atoms with E-state index in [1.165, 1.54) is 0 Å². The number of carbonyl (C=O) groups excluding carboxylic acids is 1. The summed E-state index contributed by atoms with van der Waals surface area (Å²) in [7, 11) is 2.02. The van der Waals surface area contributed by atoms with Gasteiger partial charge < -0.3 is 19.7 Å². The maximum Gasteiger partial charge on any atom is 0.275 e. The third kappa shape index (κ3) is 5.40. The van der Waals surface area contributed by atoms with Crippen molar-refractivity contribution in [1.29, 1.82) is 0 Å². The lowest BCUT2D eigenvalue weighted by Gasteiger charge is -2.26. The van der Waals surface area contributed by atoms with E-state index >= 15 is 0 Å². The number of hydrogen-bond acceptors (Lipinski definition) is 3. The van der Waals surface area contributed by atoms with E-state index in [1.54, 1.807) is 0 Å². The summed E-state index contributed by atoms with van der Waals surface area (Å²) >= 11 is 5.93. The lowest BCUT2D eigenvalue weighted by molar-refractivity contribution is -0.885. The quantitative estimate of drug-likeness (QED) is 0.747. The summed E-state index contributed by atoms with van der Waals surface area (Å²) in [4.78, 5) is 13.8. The van der Waals surface area contributed by atoms with E-state index in [2.05, 4.69) is 19.2 Å². The van der Waals surface area contributed by atoms with E-state index in [9.17, 15) is 4.79 Å². The lowest BCUT2D eigenvalue weighted by atomic mass is 9.95. The summed E-state index contributed by atoms with van der Waals surface area (Å²) in [6, 6.07) is 13.6. The van der Waals surface area contributed by atoms with E-state index < -0.39 is 0 Å². The summed E-state index contributed by atoms with van der Waals surface area (Å²) in [5.41, 5.74) is 2.19. The fourth-order valence-corrected chi connectivity index (χ4v) is 3.53. The first-order valence-electron chi connectivity index (χ1n) is 9.67. The molecular formula is C22H28ClN2O3+. The predicted octanol–water partition coefficient (Wildman–Crippen LogP) is 2.64. The number of likely N-dealkylation sites (N-methyl/N-ethyl adjacent to an activating group) is 1. The van der Waals surface area contributed by atoms with Gasteiger partial charge in [0.1, 0.15) is 19.8 Å².